The van der Waals surface area contributed by atoms with E-state index in [0.29, 0.717) is 17.1 Å². The Kier molecular flexibility index (Phi) is 3.57. The van der Waals surface area contributed by atoms with Crippen molar-refractivity contribution in [2.24, 2.45) is 7.05 Å². The summed E-state index contributed by atoms with van der Waals surface area (Å²) >= 11 is 0. The number of aryl methyl sites for hydroxylation is 1. The molecule has 0 spiro atoms. The summed E-state index contributed by atoms with van der Waals surface area (Å²) in [4.78, 5) is 12.7. The van der Waals surface area contributed by atoms with E-state index in [1.54, 1.807) is 24.9 Å². The van der Waals surface area contributed by atoms with Gasteiger partial charge in [0.05, 0.1) is 18.8 Å². The van der Waals surface area contributed by atoms with Crippen LogP contribution in [0, 0.1) is 0 Å². The van der Waals surface area contributed by atoms with Gasteiger partial charge < -0.3 is 9.30 Å². The average Bonchev–Trinajstić information content (AvgIpc) is 3.14. The number of para-hydroxylation sites is 2. The van der Waals surface area contributed by atoms with E-state index in [4.69, 9.17) is 4.74 Å². The average molecular weight is 332 g/mol. The van der Waals surface area contributed by atoms with Crippen molar-refractivity contribution in [3.63, 3.8) is 0 Å². The number of aromatic nitrogens is 4. The topological polar surface area (TPSA) is 61.9 Å². The van der Waals surface area contributed by atoms with Crippen LogP contribution in [-0.2, 0) is 7.05 Å². The first-order valence-electron chi connectivity index (χ1n) is 7.84. The highest BCUT2D eigenvalue weighted by atomic mass is 16.5. The number of benzene rings is 2. The van der Waals surface area contributed by atoms with Gasteiger partial charge in [0, 0.05) is 18.0 Å². The second-order valence-corrected chi connectivity index (χ2v) is 5.70. The van der Waals surface area contributed by atoms with Gasteiger partial charge in [-0.1, -0.05) is 35.5 Å². The molecule has 0 saturated heterocycles. The molecule has 6 nitrogen and oxygen atoms in total. The van der Waals surface area contributed by atoms with Crippen molar-refractivity contribution in [3.05, 3.63) is 71.1 Å². The zero-order chi connectivity index (χ0) is 17.4. The van der Waals surface area contributed by atoms with Gasteiger partial charge >= 0.3 is 0 Å². The van der Waals surface area contributed by atoms with Crippen molar-refractivity contribution in [1.82, 2.24) is 19.6 Å². The fourth-order valence-electron chi connectivity index (χ4n) is 2.93. The van der Waals surface area contributed by atoms with E-state index in [-0.39, 0.29) is 5.56 Å². The largest absolute Gasteiger partial charge is 0.496 e. The van der Waals surface area contributed by atoms with Crippen LogP contribution < -0.4 is 10.3 Å². The van der Waals surface area contributed by atoms with Crippen LogP contribution in [0.15, 0.2) is 65.6 Å². The van der Waals surface area contributed by atoms with Crippen LogP contribution in [0.5, 0.6) is 5.75 Å². The maximum absolute atomic E-state index is 12.7. The quantitative estimate of drug-likeness (QED) is 0.579. The van der Waals surface area contributed by atoms with Crippen molar-refractivity contribution in [2.45, 2.75) is 0 Å². The third-order valence-corrected chi connectivity index (χ3v) is 4.24. The summed E-state index contributed by atoms with van der Waals surface area (Å²) in [5.74, 6) is 0.709. The van der Waals surface area contributed by atoms with Gasteiger partial charge in [-0.3, -0.25) is 4.79 Å². The van der Waals surface area contributed by atoms with Crippen molar-refractivity contribution in [1.29, 1.82) is 0 Å². The Bertz CT molecular complexity index is 1130. The first-order chi connectivity index (χ1) is 12.2. The van der Waals surface area contributed by atoms with E-state index in [0.717, 1.165) is 16.5 Å². The summed E-state index contributed by atoms with van der Waals surface area (Å²) in [5.41, 5.74) is 2.67. The summed E-state index contributed by atoms with van der Waals surface area (Å²) in [6.07, 6.45) is 1.74. The van der Waals surface area contributed by atoms with Crippen molar-refractivity contribution >= 4 is 10.9 Å². The number of pyridine rings is 1. The minimum absolute atomic E-state index is 0.129. The monoisotopic (exact) mass is 332 g/mol. The van der Waals surface area contributed by atoms with Crippen molar-refractivity contribution in [2.75, 3.05) is 7.11 Å². The third-order valence-electron chi connectivity index (χ3n) is 4.24. The molecule has 0 aliphatic carbocycles. The fraction of sp³-hybridized carbons (Fsp3) is 0.105. The second-order valence-electron chi connectivity index (χ2n) is 5.70. The normalized spacial score (nSPS) is 11.0. The van der Waals surface area contributed by atoms with Gasteiger partial charge in [-0.2, -0.15) is 0 Å². The van der Waals surface area contributed by atoms with Crippen molar-refractivity contribution in [3.8, 4) is 22.7 Å². The van der Waals surface area contributed by atoms with E-state index in [1.807, 2.05) is 54.6 Å². The summed E-state index contributed by atoms with van der Waals surface area (Å²) in [7, 11) is 3.37. The van der Waals surface area contributed by atoms with Crippen LogP contribution in [0.1, 0.15) is 0 Å². The lowest BCUT2D eigenvalue weighted by molar-refractivity contribution is 0.416. The first-order valence-corrected chi connectivity index (χ1v) is 7.84. The zero-order valence-corrected chi connectivity index (χ0v) is 13.9. The minimum atomic E-state index is -0.129. The van der Waals surface area contributed by atoms with Gasteiger partial charge in [0.15, 0.2) is 0 Å². The predicted octanol–water partition coefficient (Wildman–Crippen LogP) is 2.79. The van der Waals surface area contributed by atoms with Crippen LogP contribution in [-0.4, -0.2) is 26.7 Å². The maximum Gasteiger partial charge on any atom is 0.276 e. The Labute approximate surface area is 143 Å². The zero-order valence-electron chi connectivity index (χ0n) is 13.9. The van der Waals surface area contributed by atoms with E-state index < -0.39 is 0 Å². The molecule has 0 radical (unpaired) electrons. The molecule has 4 aromatic rings. The Morgan fingerprint density at radius 3 is 2.64 bits per heavy atom. The molecule has 0 aliphatic heterocycles. The summed E-state index contributed by atoms with van der Waals surface area (Å²) in [6, 6.07) is 17.2. The standard InChI is InChI=1S/C19H16N4O2/c1-22-16-9-5-3-7-13(16)11-17(19(22)24)23-12-15(20-21-23)14-8-4-6-10-18(14)25-2/h3-12H,1-2H3. The number of hydrogen-bond acceptors (Lipinski definition) is 4. The third kappa shape index (κ3) is 2.48. The SMILES string of the molecule is COc1ccccc1-c1cn(-c2cc3ccccc3n(C)c2=O)nn1. The number of methoxy groups -OCH3 is 1. The van der Waals surface area contributed by atoms with Crippen LogP contribution >= 0.6 is 0 Å². The van der Waals surface area contributed by atoms with E-state index in [2.05, 4.69) is 10.3 Å². The number of nitrogens with zero attached hydrogens (tertiary/aromatic N) is 4. The van der Waals surface area contributed by atoms with E-state index in [9.17, 15) is 4.79 Å². The maximum atomic E-state index is 12.7. The van der Waals surface area contributed by atoms with Crippen LogP contribution in [0.2, 0.25) is 0 Å². The van der Waals surface area contributed by atoms with Gasteiger partial charge in [0.2, 0.25) is 0 Å². The first kappa shape index (κ1) is 15.1. The van der Waals surface area contributed by atoms with Crippen LogP contribution in [0.25, 0.3) is 27.8 Å². The Morgan fingerprint density at radius 1 is 1.04 bits per heavy atom. The molecule has 0 amide bonds. The fourth-order valence-corrected chi connectivity index (χ4v) is 2.93. The highest BCUT2D eigenvalue weighted by Gasteiger charge is 2.13. The molecule has 6 heteroatoms. The van der Waals surface area contributed by atoms with E-state index >= 15 is 0 Å². The summed E-state index contributed by atoms with van der Waals surface area (Å²) < 4.78 is 8.50. The molecular weight excluding hydrogens is 316 g/mol. The number of hydrogen-bond donors (Lipinski definition) is 0. The molecule has 0 N–H and O–H groups in total. The molecule has 0 fully saturated rings. The molecule has 2 heterocycles. The molecule has 0 atom stereocenters. The van der Waals surface area contributed by atoms with Gasteiger partial charge in [-0.15, -0.1) is 5.10 Å². The van der Waals surface area contributed by atoms with Crippen molar-refractivity contribution < 1.29 is 4.74 Å². The summed E-state index contributed by atoms with van der Waals surface area (Å²) in [5, 5.41) is 9.32. The molecule has 4 rings (SSSR count). The Balaban J connectivity index is 1.87. The summed E-state index contributed by atoms with van der Waals surface area (Å²) in [6.45, 7) is 0. The lowest BCUT2D eigenvalue weighted by Crippen LogP contribution is -2.22. The van der Waals surface area contributed by atoms with E-state index in [1.165, 1.54) is 4.68 Å². The Hall–Kier alpha value is -3.41. The van der Waals surface area contributed by atoms with Crippen LogP contribution in [0.4, 0.5) is 0 Å². The second kappa shape index (κ2) is 5.90. The predicted molar refractivity (Wildman–Crippen MR) is 96.1 cm³/mol. The van der Waals surface area contributed by atoms with Gasteiger partial charge in [-0.05, 0) is 24.3 Å². The molecule has 25 heavy (non-hydrogen) atoms. The lowest BCUT2D eigenvalue weighted by Gasteiger charge is -2.08. The molecule has 0 unspecified atom stereocenters. The minimum Gasteiger partial charge on any atom is -0.496 e. The number of ether oxygens (including phenoxy) is 1. The molecule has 2 aromatic carbocycles. The number of rotatable bonds is 3. The molecule has 0 bridgehead atoms. The number of fused-ring (bicyclic) bond motifs is 1. The molecule has 2 aromatic heterocycles. The molecular formula is C19H16N4O2. The smallest absolute Gasteiger partial charge is 0.276 e. The van der Waals surface area contributed by atoms with Gasteiger partial charge in [0.25, 0.3) is 5.56 Å². The molecule has 0 aliphatic rings. The molecule has 124 valence electrons. The van der Waals surface area contributed by atoms with Gasteiger partial charge in [-0.25, -0.2) is 4.68 Å². The highest BCUT2D eigenvalue weighted by Crippen LogP contribution is 2.28. The van der Waals surface area contributed by atoms with Crippen LogP contribution in [0.3, 0.4) is 0 Å². The molecule has 0 saturated carbocycles. The van der Waals surface area contributed by atoms with Gasteiger partial charge in [0.1, 0.15) is 17.1 Å². The highest BCUT2D eigenvalue weighted by molar-refractivity contribution is 5.80. The Morgan fingerprint density at radius 2 is 1.80 bits per heavy atom. The lowest BCUT2D eigenvalue weighted by atomic mass is 10.1.